The first-order chi connectivity index (χ1) is 11.7. The zero-order valence-electron chi connectivity index (χ0n) is 12.4. The van der Waals surface area contributed by atoms with Crippen LogP contribution in [-0.4, -0.2) is 20.0 Å². The Kier molecular flexibility index (Phi) is 4.22. The summed E-state index contributed by atoms with van der Waals surface area (Å²) in [7, 11) is 0. The smallest absolute Gasteiger partial charge is 0.119 e. The Balaban J connectivity index is 1.75. The van der Waals surface area contributed by atoms with E-state index >= 15 is 0 Å². The Hall–Kier alpha value is -1.95. The van der Waals surface area contributed by atoms with Crippen molar-refractivity contribution in [1.82, 2.24) is 20.0 Å². The van der Waals surface area contributed by atoms with Crippen molar-refractivity contribution in [2.24, 2.45) is 0 Å². The van der Waals surface area contributed by atoms with Crippen molar-refractivity contribution in [3.8, 4) is 0 Å². The third kappa shape index (κ3) is 3.15. The van der Waals surface area contributed by atoms with Crippen molar-refractivity contribution in [2.45, 2.75) is 12.5 Å². The average Bonchev–Trinajstić information content (AvgIpc) is 3.23. The molecule has 0 aliphatic rings. The molecule has 1 unspecified atom stereocenters. The molecule has 0 spiro atoms. The summed E-state index contributed by atoms with van der Waals surface area (Å²) in [5.41, 5.74) is 2.11. The van der Waals surface area contributed by atoms with Gasteiger partial charge in [-0.3, -0.25) is 0 Å². The third-order valence-corrected chi connectivity index (χ3v) is 5.36. The van der Waals surface area contributed by atoms with Crippen LogP contribution in [0.25, 0.3) is 10.2 Å². The Morgan fingerprint density at radius 2 is 1.83 bits per heavy atom. The maximum absolute atomic E-state index is 6.09. The van der Waals surface area contributed by atoms with E-state index in [2.05, 4.69) is 10.3 Å². The van der Waals surface area contributed by atoms with Crippen molar-refractivity contribution in [1.29, 1.82) is 0 Å². The highest BCUT2D eigenvalue weighted by atomic mass is 35.5. The van der Waals surface area contributed by atoms with Crippen molar-refractivity contribution >= 4 is 44.8 Å². The fourth-order valence-corrected chi connectivity index (χ4v) is 4.04. The zero-order chi connectivity index (χ0) is 16.5. The van der Waals surface area contributed by atoms with E-state index in [1.807, 2.05) is 53.3 Å². The highest BCUT2D eigenvalue weighted by Crippen LogP contribution is 2.32. The summed E-state index contributed by atoms with van der Waals surface area (Å²) in [5, 5.41) is 10.5. The number of hydrogen-bond donors (Lipinski definition) is 0. The van der Waals surface area contributed by atoms with Gasteiger partial charge in [0.25, 0.3) is 0 Å². The van der Waals surface area contributed by atoms with Crippen LogP contribution in [0.4, 0.5) is 0 Å². The molecule has 1 atom stereocenters. The molecule has 0 saturated carbocycles. The Bertz CT molecular complexity index is 964. The van der Waals surface area contributed by atoms with Gasteiger partial charge >= 0.3 is 0 Å². The van der Waals surface area contributed by atoms with Gasteiger partial charge in [-0.1, -0.05) is 40.5 Å². The maximum Gasteiger partial charge on any atom is 0.119 e. The lowest BCUT2D eigenvalue weighted by Crippen LogP contribution is -2.14. The summed E-state index contributed by atoms with van der Waals surface area (Å²) in [6, 6.07) is 13.6. The van der Waals surface area contributed by atoms with E-state index in [1.165, 1.54) is 0 Å². The van der Waals surface area contributed by atoms with Gasteiger partial charge in [0, 0.05) is 22.7 Å². The van der Waals surface area contributed by atoms with Gasteiger partial charge in [0.1, 0.15) is 11.0 Å². The fraction of sp³-hybridized carbons (Fsp3) is 0.118. The standard InChI is InChI=1S/C17H12Cl2N4S/c18-12-3-1-11(2-4-12)9-15(23-8-7-20-22-23)17-21-14-6-5-13(19)10-16(14)24-17/h1-8,10,15H,9H2. The van der Waals surface area contributed by atoms with Crippen LogP contribution in [0.15, 0.2) is 54.9 Å². The van der Waals surface area contributed by atoms with Gasteiger partial charge in [-0.2, -0.15) is 0 Å². The van der Waals surface area contributed by atoms with Gasteiger partial charge in [0.15, 0.2) is 0 Å². The predicted molar refractivity (Wildman–Crippen MR) is 97.9 cm³/mol. The lowest BCUT2D eigenvalue weighted by Gasteiger charge is -2.14. The Morgan fingerprint density at radius 1 is 1.04 bits per heavy atom. The van der Waals surface area contributed by atoms with Gasteiger partial charge in [0.05, 0.1) is 16.4 Å². The molecule has 24 heavy (non-hydrogen) atoms. The first-order valence-electron chi connectivity index (χ1n) is 7.35. The van der Waals surface area contributed by atoms with Crippen molar-refractivity contribution in [3.63, 3.8) is 0 Å². The number of thiazole rings is 1. The second kappa shape index (κ2) is 6.51. The second-order valence-corrected chi connectivity index (χ2v) is 7.33. The molecular weight excluding hydrogens is 363 g/mol. The van der Waals surface area contributed by atoms with Crippen LogP contribution >= 0.6 is 34.5 Å². The van der Waals surface area contributed by atoms with Gasteiger partial charge < -0.3 is 0 Å². The van der Waals surface area contributed by atoms with Gasteiger partial charge in [0.2, 0.25) is 0 Å². The molecule has 0 bridgehead atoms. The maximum atomic E-state index is 6.09. The molecule has 0 aliphatic carbocycles. The third-order valence-electron chi connectivity index (χ3n) is 3.75. The lowest BCUT2D eigenvalue weighted by atomic mass is 10.1. The summed E-state index contributed by atoms with van der Waals surface area (Å²) < 4.78 is 2.91. The van der Waals surface area contributed by atoms with Crippen molar-refractivity contribution in [3.05, 3.63) is 75.5 Å². The zero-order valence-corrected chi connectivity index (χ0v) is 14.8. The van der Waals surface area contributed by atoms with Crippen LogP contribution in [-0.2, 0) is 6.42 Å². The van der Waals surface area contributed by atoms with Gasteiger partial charge in [-0.25, -0.2) is 9.67 Å². The molecule has 0 amide bonds. The topological polar surface area (TPSA) is 43.6 Å². The lowest BCUT2D eigenvalue weighted by molar-refractivity contribution is 0.502. The molecule has 2 aromatic carbocycles. The van der Waals surface area contributed by atoms with E-state index in [4.69, 9.17) is 28.2 Å². The number of fused-ring (bicyclic) bond motifs is 1. The first kappa shape index (κ1) is 15.6. The molecule has 4 aromatic rings. The minimum Gasteiger partial charge on any atom is -0.242 e. The van der Waals surface area contributed by atoms with E-state index in [0.717, 1.165) is 32.2 Å². The number of hydrogen-bond acceptors (Lipinski definition) is 4. The first-order valence-corrected chi connectivity index (χ1v) is 8.92. The number of halogens is 2. The Morgan fingerprint density at radius 3 is 2.58 bits per heavy atom. The molecule has 4 nitrogen and oxygen atoms in total. The number of benzene rings is 2. The average molecular weight is 375 g/mol. The SMILES string of the molecule is Clc1ccc(CC(c2nc3ccc(Cl)cc3s2)n2ccnn2)cc1. The van der Waals surface area contributed by atoms with Crippen LogP contribution in [0.5, 0.6) is 0 Å². The van der Waals surface area contributed by atoms with E-state index in [9.17, 15) is 0 Å². The van der Waals surface area contributed by atoms with Crippen LogP contribution < -0.4 is 0 Å². The number of rotatable bonds is 4. The van der Waals surface area contributed by atoms with E-state index in [-0.39, 0.29) is 6.04 Å². The quantitative estimate of drug-likeness (QED) is 0.503. The molecule has 120 valence electrons. The monoisotopic (exact) mass is 374 g/mol. The summed E-state index contributed by atoms with van der Waals surface area (Å²) in [4.78, 5) is 4.77. The van der Waals surface area contributed by atoms with Crippen LogP contribution in [0.3, 0.4) is 0 Å². The molecule has 7 heteroatoms. The molecular formula is C17H12Cl2N4S. The van der Waals surface area contributed by atoms with Crippen molar-refractivity contribution < 1.29 is 0 Å². The molecule has 0 fully saturated rings. The van der Waals surface area contributed by atoms with Gasteiger partial charge in [-0.15, -0.1) is 16.4 Å². The molecule has 4 rings (SSSR count). The molecule has 2 aromatic heterocycles. The van der Waals surface area contributed by atoms with Crippen molar-refractivity contribution in [2.75, 3.05) is 0 Å². The Labute approximate surface area is 152 Å². The molecule has 0 radical (unpaired) electrons. The number of aromatic nitrogens is 4. The largest absolute Gasteiger partial charge is 0.242 e. The highest BCUT2D eigenvalue weighted by Gasteiger charge is 2.20. The summed E-state index contributed by atoms with van der Waals surface area (Å²) >= 11 is 13.7. The highest BCUT2D eigenvalue weighted by molar-refractivity contribution is 7.18. The summed E-state index contributed by atoms with van der Waals surface area (Å²) in [6.07, 6.45) is 4.30. The minimum absolute atomic E-state index is 0.0233. The molecule has 0 saturated heterocycles. The normalized spacial score (nSPS) is 12.6. The van der Waals surface area contributed by atoms with E-state index in [0.29, 0.717) is 5.02 Å². The molecule has 2 heterocycles. The van der Waals surface area contributed by atoms with E-state index in [1.54, 1.807) is 17.5 Å². The molecule has 0 aliphatic heterocycles. The fourth-order valence-electron chi connectivity index (χ4n) is 2.58. The van der Waals surface area contributed by atoms with Gasteiger partial charge in [-0.05, 0) is 35.9 Å². The van der Waals surface area contributed by atoms with Crippen LogP contribution in [0, 0.1) is 0 Å². The minimum atomic E-state index is -0.0233. The summed E-state index contributed by atoms with van der Waals surface area (Å²) in [5.74, 6) is 0. The van der Waals surface area contributed by atoms with Crippen LogP contribution in [0.1, 0.15) is 16.6 Å². The second-order valence-electron chi connectivity index (χ2n) is 5.39. The van der Waals surface area contributed by atoms with Crippen LogP contribution in [0.2, 0.25) is 10.0 Å². The number of nitrogens with zero attached hydrogens (tertiary/aromatic N) is 4. The molecule has 0 N–H and O–H groups in total. The predicted octanol–water partition coefficient (Wildman–Crippen LogP) is 5.03. The summed E-state index contributed by atoms with van der Waals surface area (Å²) in [6.45, 7) is 0. The van der Waals surface area contributed by atoms with E-state index < -0.39 is 0 Å².